The molecule has 0 fully saturated rings. The first-order valence-corrected chi connectivity index (χ1v) is 7.59. The number of hydrogen-bond acceptors (Lipinski definition) is 4. The van der Waals surface area contributed by atoms with Gasteiger partial charge in [-0.1, -0.05) is 12.1 Å². The number of furan rings is 1. The summed E-state index contributed by atoms with van der Waals surface area (Å²) in [6.45, 7) is 4.60. The maximum atomic E-state index is 12.2. The summed E-state index contributed by atoms with van der Waals surface area (Å²) in [7, 11) is 0. The highest BCUT2D eigenvalue weighted by Crippen LogP contribution is 2.10. The number of amides is 1. The Bertz CT molecular complexity index is 863. The summed E-state index contributed by atoms with van der Waals surface area (Å²) in [5.41, 5.74) is 6.11. The average Bonchev–Trinajstić information content (AvgIpc) is 3.18. The summed E-state index contributed by atoms with van der Waals surface area (Å²) in [5, 5.41) is 8.33. The van der Waals surface area contributed by atoms with E-state index in [0.717, 1.165) is 17.0 Å². The molecule has 3 rings (SSSR count). The zero-order valence-corrected chi connectivity index (χ0v) is 13.6. The number of aromatic nitrogens is 2. The molecule has 6 heteroatoms. The third-order valence-corrected chi connectivity index (χ3v) is 3.53. The lowest BCUT2D eigenvalue weighted by molar-refractivity contribution is 0.0955. The number of carbonyl (C=O) groups is 1. The van der Waals surface area contributed by atoms with Gasteiger partial charge in [-0.15, -0.1) is 0 Å². The SMILES string of the molecule is Cc1cc(C)n(Cc2cccc(C(=O)N/N=C/c3ccco3)c2)n1. The van der Waals surface area contributed by atoms with Crippen molar-refractivity contribution in [3.8, 4) is 0 Å². The van der Waals surface area contributed by atoms with E-state index in [1.54, 1.807) is 24.5 Å². The number of hydrogen-bond donors (Lipinski definition) is 1. The molecule has 2 aromatic heterocycles. The highest BCUT2D eigenvalue weighted by atomic mass is 16.3. The van der Waals surface area contributed by atoms with Crippen LogP contribution in [0.3, 0.4) is 0 Å². The van der Waals surface area contributed by atoms with E-state index in [-0.39, 0.29) is 5.91 Å². The standard InChI is InChI=1S/C18H18N4O2/c1-13-9-14(2)22(21-13)12-15-5-3-6-16(10-15)18(23)20-19-11-17-7-4-8-24-17/h3-11H,12H2,1-2H3,(H,20,23)/b19-11+. The van der Waals surface area contributed by atoms with Crippen LogP contribution in [0, 0.1) is 13.8 Å². The molecule has 0 aliphatic carbocycles. The van der Waals surface area contributed by atoms with Gasteiger partial charge in [-0.25, -0.2) is 5.43 Å². The maximum Gasteiger partial charge on any atom is 0.271 e. The van der Waals surface area contributed by atoms with Crippen LogP contribution in [0.2, 0.25) is 0 Å². The molecule has 122 valence electrons. The molecule has 3 aromatic rings. The number of nitrogens with one attached hydrogen (secondary N) is 1. The van der Waals surface area contributed by atoms with Crippen LogP contribution in [0.4, 0.5) is 0 Å². The molecule has 0 spiro atoms. The van der Waals surface area contributed by atoms with E-state index in [4.69, 9.17) is 4.42 Å². The molecule has 24 heavy (non-hydrogen) atoms. The van der Waals surface area contributed by atoms with Crippen LogP contribution in [0.15, 0.2) is 58.2 Å². The minimum Gasteiger partial charge on any atom is -0.463 e. The Morgan fingerprint density at radius 1 is 1.29 bits per heavy atom. The number of benzene rings is 1. The first kappa shape index (κ1) is 15.7. The minimum absolute atomic E-state index is 0.270. The van der Waals surface area contributed by atoms with Crippen molar-refractivity contribution in [2.45, 2.75) is 20.4 Å². The number of rotatable bonds is 5. The second-order valence-corrected chi connectivity index (χ2v) is 5.50. The molecule has 1 amide bonds. The van der Waals surface area contributed by atoms with Crippen LogP contribution in [0.5, 0.6) is 0 Å². The van der Waals surface area contributed by atoms with Crippen molar-refractivity contribution in [2.24, 2.45) is 5.10 Å². The Balaban J connectivity index is 1.68. The molecular formula is C18H18N4O2. The van der Waals surface area contributed by atoms with E-state index in [1.165, 1.54) is 6.21 Å². The summed E-state index contributed by atoms with van der Waals surface area (Å²) >= 11 is 0. The summed E-state index contributed by atoms with van der Waals surface area (Å²) in [6, 6.07) is 13.0. The number of carbonyl (C=O) groups excluding carboxylic acids is 1. The average molecular weight is 322 g/mol. The molecule has 1 N–H and O–H groups in total. The van der Waals surface area contributed by atoms with Gasteiger partial charge in [0.05, 0.1) is 24.7 Å². The van der Waals surface area contributed by atoms with E-state index in [1.807, 2.05) is 42.8 Å². The fourth-order valence-corrected chi connectivity index (χ4v) is 2.40. The van der Waals surface area contributed by atoms with Crippen LogP contribution in [-0.4, -0.2) is 21.9 Å². The van der Waals surface area contributed by atoms with Crippen molar-refractivity contribution in [2.75, 3.05) is 0 Å². The Morgan fingerprint density at radius 2 is 2.17 bits per heavy atom. The molecule has 0 saturated carbocycles. The van der Waals surface area contributed by atoms with Gasteiger partial charge in [0.15, 0.2) is 0 Å². The van der Waals surface area contributed by atoms with E-state index >= 15 is 0 Å². The molecule has 0 aliphatic heterocycles. The van der Waals surface area contributed by atoms with Crippen LogP contribution in [0.1, 0.15) is 33.1 Å². The first-order valence-electron chi connectivity index (χ1n) is 7.59. The van der Waals surface area contributed by atoms with Crippen LogP contribution < -0.4 is 5.43 Å². The van der Waals surface area contributed by atoms with E-state index in [2.05, 4.69) is 15.6 Å². The number of aryl methyl sites for hydroxylation is 2. The minimum atomic E-state index is -0.270. The number of hydrazone groups is 1. The van der Waals surface area contributed by atoms with Crippen LogP contribution in [-0.2, 0) is 6.54 Å². The van der Waals surface area contributed by atoms with Gasteiger partial charge in [-0.05, 0) is 49.7 Å². The smallest absolute Gasteiger partial charge is 0.271 e. The fourth-order valence-electron chi connectivity index (χ4n) is 2.40. The Kier molecular flexibility index (Phi) is 4.56. The third-order valence-electron chi connectivity index (χ3n) is 3.53. The molecule has 6 nitrogen and oxygen atoms in total. The van der Waals surface area contributed by atoms with Gasteiger partial charge in [0, 0.05) is 11.3 Å². The van der Waals surface area contributed by atoms with Crippen LogP contribution in [0.25, 0.3) is 0 Å². The molecule has 0 saturated heterocycles. The van der Waals surface area contributed by atoms with Gasteiger partial charge in [-0.2, -0.15) is 10.2 Å². The Labute approximate surface area is 139 Å². The molecule has 0 unspecified atom stereocenters. The van der Waals surface area contributed by atoms with Gasteiger partial charge >= 0.3 is 0 Å². The summed E-state index contributed by atoms with van der Waals surface area (Å²) in [5.74, 6) is 0.307. The van der Waals surface area contributed by atoms with Gasteiger partial charge in [0.25, 0.3) is 5.91 Å². The number of nitrogens with zero attached hydrogens (tertiary/aromatic N) is 3. The Morgan fingerprint density at radius 3 is 2.88 bits per heavy atom. The highest BCUT2D eigenvalue weighted by Gasteiger charge is 2.07. The quantitative estimate of drug-likeness (QED) is 0.580. The van der Waals surface area contributed by atoms with Crippen molar-refractivity contribution < 1.29 is 9.21 Å². The largest absolute Gasteiger partial charge is 0.463 e. The monoisotopic (exact) mass is 322 g/mol. The third kappa shape index (κ3) is 3.78. The Hall–Kier alpha value is -3.15. The summed E-state index contributed by atoms with van der Waals surface area (Å²) in [6.07, 6.45) is 3.00. The molecule has 0 aliphatic rings. The molecule has 0 radical (unpaired) electrons. The predicted molar refractivity (Wildman–Crippen MR) is 91.0 cm³/mol. The zero-order chi connectivity index (χ0) is 16.9. The first-order chi connectivity index (χ1) is 11.6. The second kappa shape index (κ2) is 6.95. The van der Waals surface area contributed by atoms with Gasteiger partial charge in [0.2, 0.25) is 0 Å². The fraction of sp³-hybridized carbons (Fsp3) is 0.167. The topological polar surface area (TPSA) is 72.4 Å². The lowest BCUT2D eigenvalue weighted by atomic mass is 10.1. The molecule has 0 atom stereocenters. The van der Waals surface area contributed by atoms with E-state index in [9.17, 15) is 4.79 Å². The molecular weight excluding hydrogens is 304 g/mol. The van der Waals surface area contributed by atoms with E-state index < -0.39 is 0 Å². The van der Waals surface area contributed by atoms with Gasteiger partial charge < -0.3 is 4.42 Å². The van der Waals surface area contributed by atoms with Gasteiger partial charge in [0.1, 0.15) is 5.76 Å². The lowest BCUT2D eigenvalue weighted by Gasteiger charge is -2.06. The van der Waals surface area contributed by atoms with Crippen molar-refractivity contribution in [3.63, 3.8) is 0 Å². The van der Waals surface area contributed by atoms with Crippen molar-refractivity contribution in [1.82, 2.24) is 15.2 Å². The highest BCUT2D eigenvalue weighted by molar-refractivity contribution is 5.94. The van der Waals surface area contributed by atoms with Crippen molar-refractivity contribution in [1.29, 1.82) is 0 Å². The maximum absolute atomic E-state index is 12.2. The second-order valence-electron chi connectivity index (χ2n) is 5.50. The van der Waals surface area contributed by atoms with E-state index in [0.29, 0.717) is 17.9 Å². The van der Waals surface area contributed by atoms with Crippen LogP contribution >= 0.6 is 0 Å². The molecule has 2 heterocycles. The normalized spacial score (nSPS) is 11.1. The molecule has 1 aromatic carbocycles. The molecule has 0 bridgehead atoms. The lowest BCUT2D eigenvalue weighted by Crippen LogP contribution is -2.18. The summed E-state index contributed by atoms with van der Waals surface area (Å²) in [4.78, 5) is 12.2. The zero-order valence-electron chi connectivity index (χ0n) is 13.6. The van der Waals surface area contributed by atoms with Crippen molar-refractivity contribution in [3.05, 3.63) is 77.0 Å². The van der Waals surface area contributed by atoms with Crippen molar-refractivity contribution >= 4 is 12.1 Å². The van der Waals surface area contributed by atoms with Gasteiger partial charge in [-0.3, -0.25) is 9.48 Å². The predicted octanol–water partition coefficient (Wildman–Crippen LogP) is 2.91. The summed E-state index contributed by atoms with van der Waals surface area (Å²) < 4.78 is 7.03.